The Balaban J connectivity index is 2.56. The number of aromatic nitrogens is 3. The predicted octanol–water partition coefficient (Wildman–Crippen LogP) is 2.57. The van der Waals surface area contributed by atoms with Gasteiger partial charge in [-0.2, -0.15) is 5.26 Å². The van der Waals surface area contributed by atoms with Gasteiger partial charge in [0.25, 0.3) is 0 Å². The number of aryl methyl sites for hydroxylation is 1. The number of nitriles is 1. The average Bonchev–Trinajstić information content (AvgIpc) is 2.73. The van der Waals surface area contributed by atoms with E-state index in [0.717, 1.165) is 11.4 Å². The lowest BCUT2D eigenvalue weighted by Gasteiger charge is -2.09. The van der Waals surface area contributed by atoms with E-state index in [4.69, 9.17) is 5.26 Å². The highest BCUT2D eigenvalue weighted by Gasteiger charge is 2.16. The molecule has 0 spiro atoms. The molecule has 86 valence electrons. The summed E-state index contributed by atoms with van der Waals surface area (Å²) >= 11 is 0. The SMILES string of the molecule is Cc1ccc(-n2nnc(C#N)c2C(C)C)cc1. The van der Waals surface area contributed by atoms with Gasteiger partial charge in [0, 0.05) is 0 Å². The number of hydrogen-bond acceptors (Lipinski definition) is 3. The largest absolute Gasteiger partial charge is 0.216 e. The van der Waals surface area contributed by atoms with Crippen molar-refractivity contribution >= 4 is 0 Å². The molecule has 0 aliphatic carbocycles. The molecule has 17 heavy (non-hydrogen) atoms. The molecule has 2 rings (SSSR count). The van der Waals surface area contributed by atoms with Crippen molar-refractivity contribution in [3.63, 3.8) is 0 Å². The van der Waals surface area contributed by atoms with Gasteiger partial charge >= 0.3 is 0 Å². The van der Waals surface area contributed by atoms with Gasteiger partial charge < -0.3 is 0 Å². The Labute approximate surface area is 101 Å². The van der Waals surface area contributed by atoms with Crippen LogP contribution in [0.1, 0.15) is 36.7 Å². The predicted molar refractivity (Wildman–Crippen MR) is 64.9 cm³/mol. The molecule has 1 aromatic heterocycles. The third-order valence-electron chi connectivity index (χ3n) is 2.64. The first-order valence-corrected chi connectivity index (χ1v) is 5.56. The Hall–Kier alpha value is -2.15. The molecule has 0 N–H and O–H groups in total. The lowest BCUT2D eigenvalue weighted by atomic mass is 10.1. The van der Waals surface area contributed by atoms with Crippen molar-refractivity contribution in [1.29, 1.82) is 5.26 Å². The number of benzene rings is 1. The number of hydrogen-bond donors (Lipinski definition) is 0. The minimum atomic E-state index is 0.209. The van der Waals surface area contributed by atoms with Gasteiger partial charge in [-0.15, -0.1) is 5.10 Å². The lowest BCUT2D eigenvalue weighted by molar-refractivity contribution is 0.715. The summed E-state index contributed by atoms with van der Waals surface area (Å²) in [5, 5.41) is 17.0. The molecule has 1 aromatic carbocycles. The van der Waals surface area contributed by atoms with Crippen LogP contribution >= 0.6 is 0 Å². The normalized spacial score (nSPS) is 10.5. The zero-order chi connectivity index (χ0) is 12.4. The van der Waals surface area contributed by atoms with Gasteiger partial charge in [-0.3, -0.25) is 0 Å². The van der Waals surface area contributed by atoms with Crippen LogP contribution in [0, 0.1) is 18.3 Å². The highest BCUT2D eigenvalue weighted by molar-refractivity contribution is 5.38. The van der Waals surface area contributed by atoms with Crippen LogP contribution in [0.4, 0.5) is 0 Å². The van der Waals surface area contributed by atoms with Crippen LogP contribution in [-0.2, 0) is 0 Å². The topological polar surface area (TPSA) is 54.5 Å². The molecule has 0 aliphatic heterocycles. The highest BCUT2D eigenvalue weighted by atomic mass is 15.4. The number of nitrogens with zero attached hydrogens (tertiary/aromatic N) is 4. The number of rotatable bonds is 2. The summed E-state index contributed by atoms with van der Waals surface area (Å²) in [6, 6.07) is 10.1. The molecule has 0 unspecified atom stereocenters. The third-order valence-corrected chi connectivity index (χ3v) is 2.64. The summed E-state index contributed by atoms with van der Waals surface area (Å²) in [7, 11) is 0. The maximum absolute atomic E-state index is 9.01. The van der Waals surface area contributed by atoms with Crippen molar-refractivity contribution in [2.24, 2.45) is 0 Å². The van der Waals surface area contributed by atoms with Gasteiger partial charge in [0.1, 0.15) is 6.07 Å². The van der Waals surface area contributed by atoms with Crippen LogP contribution < -0.4 is 0 Å². The van der Waals surface area contributed by atoms with E-state index >= 15 is 0 Å². The summed E-state index contributed by atoms with van der Waals surface area (Å²) in [5.74, 6) is 0.209. The van der Waals surface area contributed by atoms with Gasteiger partial charge in [-0.25, -0.2) is 4.68 Å². The minimum absolute atomic E-state index is 0.209. The fourth-order valence-corrected chi connectivity index (χ4v) is 1.76. The molecule has 0 saturated heterocycles. The first kappa shape index (κ1) is 11.3. The van der Waals surface area contributed by atoms with Gasteiger partial charge in [0.15, 0.2) is 5.69 Å². The fourth-order valence-electron chi connectivity index (χ4n) is 1.76. The summed E-state index contributed by atoms with van der Waals surface area (Å²) in [6.45, 7) is 6.10. The molecule has 0 radical (unpaired) electrons. The van der Waals surface area contributed by atoms with Crippen molar-refractivity contribution in [2.75, 3.05) is 0 Å². The molecule has 0 saturated carbocycles. The Morgan fingerprint density at radius 2 is 1.88 bits per heavy atom. The van der Waals surface area contributed by atoms with Crippen molar-refractivity contribution < 1.29 is 0 Å². The van der Waals surface area contributed by atoms with E-state index in [-0.39, 0.29) is 5.92 Å². The zero-order valence-corrected chi connectivity index (χ0v) is 10.2. The second-order valence-electron chi connectivity index (χ2n) is 4.34. The monoisotopic (exact) mass is 226 g/mol. The standard InChI is InChI=1S/C13H14N4/c1-9(2)13-12(8-14)15-16-17(13)11-6-4-10(3)5-7-11/h4-7,9H,1-3H3. The Kier molecular flexibility index (Phi) is 2.92. The van der Waals surface area contributed by atoms with E-state index in [1.165, 1.54) is 5.56 Å². The van der Waals surface area contributed by atoms with Crippen LogP contribution in [-0.4, -0.2) is 15.0 Å². The van der Waals surface area contributed by atoms with Gasteiger partial charge in [0.2, 0.25) is 0 Å². The molecule has 0 fully saturated rings. The molecule has 2 aromatic rings. The van der Waals surface area contributed by atoms with Gasteiger partial charge in [0.05, 0.1) is 11.4 Å². The first-order valence-electron chi connectivity index (χ1n) is 5.56. The molecular formula is C13H14N4. The van der Waals surface area contributed by atoms with Crippen molar-refractivity contribution in [2.45, 2.75) is 26.7 Å². The smallest absolute Gasteiger partial charge is 0.186 e. The second-order valence-corrected chi connectivity index (χ2v) is 4.34. The van der Waals surface area contributed by atoms with Crippen molar-refractivity contribution in [3.8, 4) is 11.8 Å². The Morgan fingerprint density at radius 1 is 1.24 bits per heavy atom. The fraction of sp³-hybridized carbons (Fsp3) is 0.308. The first-order chi connectivity index (χ1) is 8.13. The molecule has 0 bridgehead atoms. The zero-order valence-electron chi connectivity index (χ0n) is 10.2. The minimum Gasteiger partial charge on any atom is -0.216 e. The van der Waals surface area contributed by atoms with Crippen molar-refractivity contribution in [1.82, 2.24) is 15.0 Å². The Bertz CT molecular complexity index is 558. The molecule has 0 amide bonds. The summed E-state index contributed by atoms with van der Waals surface area (Å²) in [6.07, 6.45) is 0. The highest BCUT2D eigenvalue weighted by Crippen LogP contribution is 2.20. The summed E-state index contributed by atoms with van der Waals surface area (Å²) in [5.41, 5.74) is 3.39. The molecule has 4 nitrogen and oxygen atoms in total. The average molecular weight is 226 g/mol. The van der Waals surface area contributed by atoms with E-state index < -0.39 is 0 Å². The maximum Gasteiger partial charge on any atom is 0.186 e. The summed E-state index contributed by atoms with van der Waals surface area (Å²) < 4.78 is 1.74. The van der Waals surface area contributed by atoms with E-state index in [1.807, 2.05) is 45.0 Å². The third kappa shape index (κ3) is 2.04. The van der Waals surface area contributed by atoms with Crippen LogP contribution in [0.5, 0.6) is 0 Å². The molecular weight excluding hydrogens is 212 g/mol. The van der Waals surface area contributed by atoms with E-state index in [1.54, 1.807) is 4.68 Å². The van der Waals surface area contributed by atoms with Crippen LogP contribution in [0.25, 0.3) is 5.69 Å². The maximum atomic E-state index is 9.01. The Morgan fingerprint density at radius 3 is 2.41 bits per heavy atom. The van der Waals surface area contributed by atoms with E-state index in [9.17, 15) is 0 Å². The van der Waals surface area contributed by atoms with Gasteiger partial charge in [-0.05, 0) is 25.0 Å². The lowest BCUT2D eigenvalue weighted by Crippen LogP contribution is -2.04. The molecule has 0 atom stereocenters. The van der Waals surface area contributed by atoms with Gasteiger partial charge in [-0.1, -0.05) is 36.8 Å². The van der Waals surface area contributed by atoms with E-state index in [2.05, 4.69) is 16.4 Å². The molecule has 1 heterocycles. The van der Waals surface area contributed by atoms with Crippen LogP contribution in [0.2, 0.25) is 0 Å². The van der Waals surface area contributed by atoms with Crippen LogP contribution in [0.15, 0.2) is 24.3 Å². The quantitative estimate of drug-likeness (QED) is 0.790. The van der Waals surface area contributed by atoms with Crippen LogP contribution in [0.3, 0.4) is 0 Å². The van der Waals surface area contributed by atoms with Crippen molar-refractivity contribution in [3.05, 3.63) is 41.2 Å². The molecule has 0 aliphatic rings. The van der Waals surface area contributed by atoms with E-state index in [0.29, 0.717) is 5.69 Å². The summed E-state index contributed by atoms with van der Waals surface area (Å²) in [4.78, 5) is 0. The second kappa shape index (κ2) is 4.38. The molecule has 4 heteroatoms.